The molecule has 212 valence electrons. The third-order valence-electron chi connectivity index (χ3n) is 6.59. The van der Waals surface area contributed by atoms with Crippen molar-refractivity contribution in [3.8, 4) is 22.8 Å². The molecule has 1 aliphatic rings. The summed E-state index contributed by atoms with van der Waals surface area (Å²) in [5, 5.41) is 16.2. The summed E-state index contributed by atoms with van der Waals surface area (Å²) >= 11 is 0. The Bertz CT molecular complexity index is 1460. The number of halogens is 3. The fraction of sp³-hybridized carbons (Fsp3) is 0.333. The molecule has 0 radical (unpaired) electrons. The summed E-state index contributed by atoms with van der Waals surface area (Å²) in [7, 11) is 5.51. The Balaban J connectivity index is 0.000000470. The fourth-order valence-electron chi connectivity index (χ4n) is 4.53. The Labute approximate surface area is 228 Å². The number of hydrogen-bond acceptors (Lipinski definition) is 8. The normalized spacial score (nSPS) is 16.3. The van der Waals surface area contributed by atoms with E-state index in [1.165, 1.54) is 0 Å². The lowest BCUT2D eigenvalue weighted by molar-refractivity contribution is -0.192. The molecule has 1 fully saturated rings. The molecule has 4 heterocycles. The molecule has 0 spiro atoms. The zero-order chi connectivity index (χ0) is 28.9. The summed E-state index contributed by atoms with van der Waals surface area (Å²) in [5.74, 6) is -1.23. The topological polar surface area (TPSA) is 105 Å². The van der Waals surface area contributed by atoms with Gasteiger partial charge in [0, 0.05) is 55.3 Å². The van der Waals surface area contributed by atoms with Crippen LogP contribution in [0, 0.1) is 0 Å². The summed E-state index contributed by atoms with van der Waals surface area (Å²) in [6.45, 7) is 3.57. The molecular formula is C27H29F3N6O4. The van der Waals surface area contributed by atoms with Crippen LogP contribution in [0.2, 0.25) is 0 Å². The average Bonchev–Trinajstić information content (AvgIpc) is 3.37. The van der Waals surface area contributed by atoms with Gasteiger partial charge in [0.2, 0.25) is 5.88 Å². The van der Waals surface area contributed by atoms with E-state index in [0.29, 0.717) is 5.88 Å². The van der Waals surface area contributed by atoms with Crippen LogP contribution in [0.3, 0.4) is 0 Å². The molecule has 4 aromatic rings. The van der Waals surface area contributed by atoms with Gasteiger partial charge in [-0.15, -0.1) is 5.10 Å². The van der Waals surface area contributed by atoms with Crippen LogP contribution >= 0.6 is 0 Å². The minimum atomic E-state index is -5.08. The Morgan fingerprint density at radius 1 is 1.07 bits per heavy atom. The van der Waals surface area contributed by atoms with E-state index in [1.807, 2.05) is 35.0 Å². The second-order valence-electron chi connectivity index (χ2n) is 9.13. The molecule has 1 saturated heterocycles. The molecule has 3 aromatic heterocycles. The van der Waals surface area contributed by atoms with Gasteiger partial charge in [0.1, 0.15) is 11.4 Å². The Hall–Kier alpha value is -4.23. The highest BCUT2D eigenvalue weighted by molar-refractivity contribution is 5.73. The van der Waals surface area contributed by atoms with Crippen LogP contribution in [0.15, 0.2) is 60.9 Å². The van der Waals surface area contributed by atoms with Crippen LogP contribution in [0.25, 0.3) is 16.6 Å². The minimum absolute atomic E-state index is 0.149. The number of fused-ring (bicyclic) bond motifs is 1. The number of piperazine rings is 1. The predicted octanol–water partition coefficient (Wildman–Crippen LogP) is 3.93. The standard InChI is InChI=1S/C25H28N6O2.C2HF3O2/c1-29-13-14-30(15-19-7-6-12-26-25(19)33-3)17-22(29)24-21-11-10-18(16-31(21)28-27-24)20-8-4-5-9-23(20)32-2;3-2(4,5)1(6)7/h4-12,16,22H,13-15,17H2,1-3H3;(H,6,7). The number of rotatable bonds is 6. The fourth-order valence-corrected chi connectivity index (χ4v) is 4.53. The monoisotopic (exact) mass is 558 g/mol. The molecule has 0 bridgehead atoms. The van der Waals surface area contributed by atoms with Crippen LogP contribution in [0.5, 0.6) is 11.6 Å². The number of alkyl halides is 3. The smallest absolute Gasteiger partial charge is 0.490 e. The van der Waals surface area contributed by atoms with Crippen molar-refractivity contribution in [2.45, 2.75) is 18.8 Å². The maximum absolute atomic E-state index is 10.6. The van der Waals surface area contributed by atoms with Crippen LogP contribution in [-0.2, 0) is 11.3 Å². The van der Waals surface area contributed by atoms with E-state index in [0.717, 1.165) is 59.8 Å². The van der Waals surface area contributed by atoms with Gasteiger partial charge >= 0.3 is 12.1 Å². The van der Waals surface area contributed by atoms with Gasteiger partial charge in [-0.1, -0.05) is 35.5 Å². The highest BCUT2D eigenvalue weighted by atomic mass is 19.4. The summed E-state index contributed by atoms with van der Waals surface area (Å²) in [6.07, 6.45) is -1.30. The zero-order valence-corrected chi connectivity index (χ0v) is 22.2. The summed E-state index contributed by atoms with van der Waals surface area (Å²) in [4.78, 5) is 18.0. The largest absolute Gasteiger partial charge is 0.496 e. The van der Waals surface area contributed by atoms with Gasteiger partial charge in [-0.05, 0) is 25.2 Å². The van der Waals surface area contributed by atoms with Gasteiger partial charge in [0.05, 0.1) is 25.8 Å². The second-order valence-corrected chi connectivity index (χ2v) is 9.13. The molecule has 40 heavy (non-hydrogen) atoms. The minimum Gasteiger partial charge on any atom is -0.496 e. The maximum atomic E-state index is 10.6. The molecule has 1 atom stereocenters. The number of likely N-dealkylation sites (N-methyl/N-ethyl adjacent to an activating group) is 1. The SMILES string of the molecule is COc1ccccc1-c1ccc2c(C3CN(Cc4cccnc4OC)CCN3C)nnn2c1.O=C(O)C(F)(F)F. The number of nitrogens with zero attached hydrogens (tertiary/aromatic N) is 6. The zero-order valence-electron chi connectivity index (χ0n) is 22.2. The number of aliphatic carboxylic acids is 1. The number of carboxylic acids is 1. The van der Waals surface area contributed by atoms with Gasteiger partial charge < -0.3 is 14.6 Å². The third kappa shape index (κ3) is 6.49. The number of carbonyl (C=O) groups is 1. The van der Waals surface area contributed by atoms with Crippen molar-refractivity contribution in [1.82, 2.24) is 29.6 Å². The van der Waals surface area contributed by atoms with Gasteiger partial charge in [0.15, 0.2) is 0 Å². The Kier molecular flexibility index (Phi) is 8.85. The Morgan fingerprint density at radius 3 is 2.52 bits per heavy atom. The summed E-state index contributed by atoms with van der Waals surface area (Å²) < 4.78 is 44.6. The van der Waals surface area contributed by atoms with Gasteiger partial charge in [-0.2, -0.15) is 13.2 Å². The molecule has 0 saturated carbocycles. The average molecular weight is 559 g/mol. The first-order chi connectivity index (χ1) is 19.1. The van der Waals surface area contributed by atoms with Gasteiger partial charge in [0.25, 0.3) is 0 Å². The number of carboxylic acid groups (broad SMARTS) is 1. The Morgan fingerprint density at radius 2 is 1.82 bits per heavy atom. The number of methoxy groups -OCH3 is 2. The lowest BCUT2D eigenvalue weighted by Gasteiger charge is -2.38. The number of ether oxygens (including phenoxy) is 2. The van der Waals surface area contributed by atoms with E-state index in [4.69, 9.17) is 19.4 Å². The lowest BCUT2D eigenvalue weighted by atomic mass is 10.0. The first kappa shape index (κ1) is 28.8. The summed E-state index contributed by atoms with van der Waals surface area (Å²) in [5.41, 5.74) is 5.18. The van der Waals surface area contributed by atoms with Gasteiger partial charge in [-0.25, -0.2) is 14.3 Å². The maximum Gasteiger partial charge on any atom is 0.490 e. The summed E-state index contributed by atoms with van der Waals surface area (Å²) in [6, 6.07) is 16.4. The van der Waals surface area contributed by atoms with Crippen molar-refractivity contribution in [3.63, 3.8) is 0 Å². The molecule has 1 aromatic carbocycles. The van der Waals surface area contributed by atoms with Crippen LogP contribution < -0.4 is 9.47 Å². The van der Waals surface area contributed by atoms with Crippen molar-refractivity contribution in [2.75, 3.05) is 40.9 Å². The molecule has 1 N–H and O–H groups in total. The lowest BCUT2D eigenvalue weighted by Crippen LogP contribution is -2.46. The molecular weight excluding hydrogens is 529 g/mol. The molecule has 0 aliphatic carbocycles. The number of pyridine rings is 2. The van der Waals surface area contributed by atoms with Crippen molar-refractivity contribution in [1.29, 1.82) is 0 Å². The molecule has 10 nitrogen and oxygen atoms in total. The first-order valence-corrected chi connectivity index (χ1v) is 12.3. The number of para-hydroxylation sites is 1. The number of aromatic nitrogens is 4. The van der Waals surface area contributed by atoms with E-state index in [1.54, 1.807) is 20.4 Å². The molecule has 5 rings (SSSR count). The van der Waals surface area contributed by atoms with Crippen LogP contribution in [0.4, 0.5) is 13.2 Å². The van der Waals surface area contributed by atoms with E-state index >= 15 is 0 Å². The third-order valence-corrected chi connectivity index (χ3v) is 6.59. The highest BCUT2D eigenvalue weighted by Crippen LogP contribution is 2.32. The van der Waals surface area contributed by atoms with E-state index in [9.17, 15) is 13.2 Å². The number of benzene rings is 1. The first-order valence-electron chi connectivity index (χ1n) is 12.3. The quantitative estimate of drug-likeness (QED) is 0.377. The van der Waals surface area contributed by atoms with Gasteiger partial charge in [-0.3, -0.25) is 9.80 Å². The highest BCUT2D eigenvalue weighted by Gasteiger charge is 2.38. The van der Waals surface area contributed by atoms with E-state index in [-0.39, 0.29) is 6.04 Å². The second kappa shape index (κ2) is 12.3. The molecule has 13 heteroatoms. The van der Waals surface area contributed by atoms with Crippen LogP contribution in [0.1, 0.15) is 17.3 Å². The van der Waals surface area contributed by atoms with Crippen molar-refractivity contribution < 1.29 is 32.5 Å². The van der Waals surface area contributed by atoms with E-state index in [2.05, 4.69) is 56.4 Å². The van der Waals surface area contributed by atoms with Crippen molar-refractivity contribution >= 4 is 11.5 Å². The molecule has 1 unspecified atom stereocenters. The molecule has 0 amide bonds. The van der Waals surface area contributed by atoms with Crippen molar-refractivity contribution in [3.05, 3.63) is 72.2 Å². The molecule has 1 aliphatic heterocycles. The van der Waals surface area contributed by atoms with Crippen molar-refractivity contribution in [2.24, 2.45) is 0 Å². The van der Waals surface area contributed by atoms with E-state index < -0.39 is 12.1 Å². The van der Waals surface area contributed by atoms with Crippen LogP contribution in [-0.4, -0.2) is 87.8 Å². The number of hydrogen-bond donors (Lipinski definition) is 1. The predicted molar refractivity (Wildman–Crippen MR) is 140 cm³/mol.